The number of carbonyl (C=O) groups excluding carboxylic acids is 2. The second-order valence-corrected chi connectivity index (χ2v) is 2.05. The fourth-order valence-electron chi connectivity index (χ4n) is 0.373. The van der Waals surface area contributed by atoms with Crippen LogP contribution < -0.4 is 0 Å². The first-order chi connectivity index (χ1) is 11.3. The Morgan fingerprint density at radius 2 is 1.43 bits per heavy atom. The molecule has 8 nitrogen and oxygen atoms in total. The van der Waals surface area contributed by atoms with E-state index < -0.39 is 0 Å². The molecule has 23 heavy (non-hydrogen) atoms. The fourth-order valence-corrected chi connectivity index (χ4v) is 0.373. The third kappa shape index (κ3) is 65.8. The maximum atomic E-state index is 10.3. The molecular formula is C15H26O8. The van der Waals surface area contributed by atoms with Gasteiger partial charge >= 0.3 is 0 Å². The van der Waals surface area contributed by atoms with Gasteiger partial charge in [0.15, 0.2) is 12.6 Å². The second kappa shape index (κ2) is 50.4. The van der Waals surface area contributed by atoms with Crippen LogP contribution >= 0.6 is 0 Å². The highest BCUT2D eigenvalue weighted by atomic mass is 17.8. The van der Waals surface area contributed by atoms with Gasteiger partial charge in [0.25, 0.3) is 0 Å². The van der Waals surface area contributed by atoms with Crippen LogP contribution in [0.25, 0.3) is 0 Å². The molecule has 0 aromatic heterocycles. The molecule has 8 heteroatoms. The molecule has 0 aromatic carbocycles. The van der Waals surface area contributed by atoms with Crippen molar-refractivity contribution in [2.24, 2.45) is 0 Å². The Hall–Kier alpha value is -2.36. The Morgan fingerprint density at radius 3 is 1.87 bits per heavy atom. The molecule has 0 aliphatic carbocycles. The summed E-state index contributed by atoms with van der Waals surface area (Å²) in [6.45, 7) is 24.9. The lowest BCUT2D eigenvalue weighted by Crippen LogP contribution is -2.08. The Kier molecular flexibility index (Phi) is 71.3. The van der Waals surface area contributed by atoms with Crippen molar-refractivity contribution in [1.82, 2.24) is 0 Å². The number of rotatable bonds is 10. The number of ketones is 1. The molecule has 0 saturated carbocycles. The van der Waals surface area contributed by atoms with Gasteiger partial charge in [0.1, 0.15) is 19.2 Å². The monoisotopic (exact) mass is 334 g/mol. The Labute approximate surface area is 137 Å². The van der Waals surface area contributed by atoms with Crippen LogP contribution in [-0.2, 0) is 39.2 Å². The van der Waals surface area contributed by atoms with Crippen LogP contribution in [0.2, 0.25) is 0 Å². The normalized spacial score (nSPS) is 7.52. The summed E-state index contributed by atoms with van der Waals surface area (Å²) in [5, 5.41) is 11.5. The second-order valence-electron chi connectivity index (χ2n) is 2.05. The number of carbonyl (C=O) groups is 2. The topological polar surface area (TPSA) is 89.5 Å². The highest BCUT2D eigenvalue weighted by Gasteiger charge is 1.94. The van der Waals surface area contributed by atoms with Gasteiger partial charge in [-0.15, -0.1) is 52.6 Å². The predicted molar refractivity (Wildman–Crippen MR) is 87.1 cm³/mol. The summed E-state index contributed by atoms with van der Waals surface area (Å²) in [6, 6.07) is 0. The van der Waals surface area contributed by atoms with Crippen LogP contribution in [0.1, 0.15) is 6.92 Å². The average Bonchev–Trinajstić information content (AvgIpc) is 2.63. The van der Waals surface area contributed by atoms with E-state index in [-0.39, 0.29) is 19.2 Å². The van der Waals surface area contributed by atoms with E-state index in [2.05, 4.69) is 82.3 Å². The van der Waals surface area contributed by atoms with Crippen molar-refractivity contribution in [3.63, 3.8) is 0 Å². The molecule has 0 amide bonds. The summed E-state index contributed by atoms with van der Waals surface area (Å²) in [7, 11) is 0. The van der Waals surface area contributed by atoms with E-state index in [1.165, 1.54) is 6.92 Å². The smallest absolute Gasteiger partial charge is 0.184 e. The molecule has 0 aromatic rings. The first-order valence-electron chi connectivity index (χ1n) is 5.73. The van der Waals surface area contributed by atoms with Gasteiger partial charge in [-0.1, -0.05) is 0 Å². The van der Waals surface area contributed by atoms with Crippen molar-refractivity contribution < 1.29 is 39.2 Å². The van der Waals surface area contributed by atoms with Crippen LogP contribution in [0.4, 0.5) is 0 Å². The van der Waals surface area contributed by atoms with Gasteiger partial charge in [0, 0.05) is 16.2 Å². The van der Waals surface area contributed by atoms with Crippen LogP contribution in [0.3, 0.4) is 0 Å². The Bertz CT molecular complexity index is 248. The van der Waals surface area contributed by atoms with Gasteiger partial charge in [-0.25, -0.2) is 0 Å². The highest BCUT2D eigenvalue weighted by molar-refractivity contribution is 5.76. The van der Waals surface area contributed by atoms with Crippen molar-refractivity contribution in [2.45, 2.75) is 6.92 Å². The zero-order chi connectivity index (χ0) is 19.4. The van der Waals surface area contributed by atoms with E-state index in [9.17, 15) is 9.59 Å². The number of allylic oxidation sites excluding steroid dienone is 1. The summed E-state index contributed by atoms with van der Waals surface area (Å²) in [5.41, 5.74) is 0. The summed E-state index contributed by atoms with van der Waals surface area (Å²) >= 11 is 0. The van der Waals surface area contributed by atoms with Crippen molar-refractivity contribution in [1.29, 1.82) is 0 Å². The number of aldehydes is 1. The lowest BCUT2D eigenvalue weighted by atomic mass is 10.5. The third-order valence-electron chi connectivity index (χ3n) is 0.792. The summed E-state index contributed by atoms with van der Waals surface area (Å²) in [5.74, 6) is -0.155. The van der Waals surface area contributed by atoms with Crippen molar-refractivity contribution in [3.05, 3.63) is 65.0 Å². The SMILES string of the molecule is C=C.C=C.C=C.C=C.CC(=O)COCOOOOO/C=C/C=O. The molecule has 0 aliphatic rings. The van der Waals surface area contributed by atoms with E-state index in [0.717, 1.165) is 12.3 Å². The Morgan fingerprint density at radius 1 is 0.913 bits per heavy atom. The molecule has 0 bridgehead atoms. The fraction of sp³-hybridized carbons (Fsp3) is 0.200. The van der Waals surface area contributed by atoms with Gasteiger partial charge in [0.2, 0.25) is 0 Å². The predicted octanol–water partition coefficient (Wildman–Crippen LogP) is 3.21. The van der Waals surface area contributed by atoms with Crippen LogP contribution in [-0.4, -0.2) is 25.5 Å². The van der Waals surface area contributed by atoms with Crippen molar-refractivity contribution in [2.75, 3.05) is 13.4 Å². The quantitative estimate of drug-likeness (QED) is 0.0879. The van der Waals surface area contributed by atoms with Crippen LogP contribution in [0, 0.1) is 0 Å². The molecule has 0 unspecified atom stereocenters. The van der Waals surface area contributed by atoms with Gasteiger partial charge in [0.05, 0.1) is 0 Å². The van der Waals surface area contributed by atoms with Gasteiger partial charge in [-0.2, -0.15) is 4.89 Å². The Balaban J connectivity index is -0.000000116. The van der Waals surface area contributed by atoms with Crippen LogP contribution in [0.15, 0.2) is 65.0 Å². The van der Waals surface area contributed by atoms with E-state index in [1.807, 2.05) is 0 Å². The van der Waals surface area contributed by atoms with E-state index >= 15 is 0 Å². The molecular weight excluding hydrogens is 308 g/mol. The van der Waals surface area contributed by atoms with E-state index in [1.54, 1.807) is 0 Å². The van der Waals surface area contributed by atoms with E-state index in [0.29, 0.717) is 6.29 Å². The number of hydrogen-bond donors (Lipinski definition) is 0. The largest absolute Gasteiger partial charge is 0.344 e. The molecule has 0 fully saturated rings. The molecule has 0 N–H and O–H groups in total. The van der Waals surface area contributed by atoms with Gasteiger partial charge in [-0.05, 0) is 12.0 Å². The zero-order valence-electron chi connectivity index (χ0n) is 13.6. The van der Waals surface area contributed by atoms with E-state index in [4.69, 9.17) is 0 Å². The van der Waals surface area contributed by atoms with Crippen LogP contribution in [0.5, 0.6) is 0 Å². The van der Waals surface area contributed by atoms with Gasteiger partial charge in [-0.3, -0.25) is 9.59 Å². The number of ether oxygens (including phenoxy) is 1. The summed E-state index contributed by atoms with van der Waals surface area (Å²) < 4.78 is 4.61. The molecule has 0 aliphatic heterocycles. The maximum absolute atomic E-state index is 10.3. The molecule has 0 saturated heterocycles. The maximum Gasteiger partial charge on any atom is 0.184 e. The molecule has 0 spiro atoms. The minimum Gasteiger partial charge on any atom is -0.344 e. The average molecular weight is 334 g/mol. The standard InChI is InChI=1S/C7H10O8.4C2H4/c1-7(9)5-10-6-12-14-15-13-11-4-2-3-8;4*1-2/h2-4H,5-6H2,1H3;4*1-2H2/b4-2+;;;;. The lowest BCUT2D eigenvalue weighted by Gasteiger charge is -2.00. The third-order valence-corrected chi connectivity index (χ3v) is 0.792. The van der Waals surface area contributed by atoms with Crippen molar-refractivity contribution in [3.8, 4) is 0 Å². The van der Waals surface area contributed by atoms with Crippen molar-refractivity contribution >= 4 is 12.1 Å². The minimum atomic E-state index is -0.312. The highest BCUT2D eigenvalue weighted by Crippen LogP contribution is 1.87. The molecule has 0 heterocycles. The molecule has 0 atom stereocenters. The van der Waals surface area contributed by atoms with Gasteiger partial charge < -0.3 is 9.62 Å². The molecule has 0 radical (unpaired) electrons. The summed E-state index contributed by atoms with van der Waals surface area (Å²) in [6.07, 6.45) is 2.39. The lowest BCUT2D eigenvalue weighted by molar-refractivity contribution is -0.705. The minimum absolute atomic E-state index is 0.0945. The molecule has 134 valence electrons. The number of Topliss-reactive ketones (excluding diaryl/α,β-unsaturated/α-hetero) is 1. The summed E-state index contributed by atoms with van der Waals surface area (Å²) in [4.78, 5) is 28.3. The zero-order valence-corrected chi connectivity index (χ0v) is 13.6. The number of hydrogen-bond acceptors (Lipinski definition) is 8. The first-order valence-corrected chi connectivity index (χ1v) is 5.73. The first kappa shape index (κ1) is 32.5. The molecule has 0 rings (SSSR count).